The maximum atomic E-state index is 14.1. The van der Waals surface area contributed by atoms with Crippen LogP contribution in [0, 0.1) is 12.3 Å². The van der Waals surface area contributed by atoms with Crippen LogP contribution in [0.1, 0.15) is 144 Å². The maximum Gasteiger partial charge on any atom is 0.415 e. The molecule has 44 nitrogen and oxygen atoms in total. The molecule has 4 aromatic heterocycles. The highest BCUT2D eigenvalue weighted by atomic mass is 16.6. The number of hydrogen-bond donors (Lipinski definition) is 14. The quantitative estimate of drug-likeness (QED) is 0.0101. The summed E-state index contributed by atoms with van der Waals surface area (Å²) in [6.45, 7) is 5.45. The van der Waals surface area contributed by atoms with E-state index in [0.29, 0.717) is 58.6 Å². The first-order valence-electron chi connectivity index (χ1n) is 41.8. The zero-order valence-electron chi connectivity index (χ0n) is 71.8. The zero-order chi connectivity index (χ0) is 92.5. The molecule has 0 spiro atoms. The number of aliphatic carboxylic acids is 1. The molecule has 4 aliphatic rings. The van der Waals surface area contributed by atoms with Crippen LogP contribution in [0.2, 0.25) is 0 Å². The largest absolute Gasteiger partial charge is 0.508 e. The van der Waals surface area contributed by atoms with Gasteiger partial charge in [-0.2, -0.15) is 0 Å². The van der Waals surface area contributed by atoms with E-state index in [1.807, 2.05) is 6.92 Å². The third-order valence-corrected chi connectivity index (χ3v) is 21.8. The van der Waals surface area contributed by atoms with Gasteiger partial charge < -0.3 is 121 Å². The number of amides is 10. The molecular formula is C84H107N19O25. The molecule has 10 amide bonds. The van der Waals surface area contributed by atoms with Crippen molar-refractivity contribution in [2.24, 2.45) is 5.73 Å². The Morgan fingerprint density at radius 3 is 2.07 bits per heavy atom. The monoisotopic (exact) mass is 1780 g/mol. The first-order chi connectivity index (χ1) is 61.3. The van der Waals surface area contributed by atoms with E-state index in [-0.39, 0.29) is 219 Å². The average molecular weight is 1780 g/mol. The second-order valence-corrected chi connectivity index (χ2v) is 30.7. The zero-order valence-corrected chi connectivity index (χ0v) is 71.8. The van der Waals surface area contributed by atoms with Crippen molar-refractivity contribution in [2.75, 3.05) is 100 Å². The van der Waals surface area contributed by atoms with E-state index < -0.39 is 126 Å². The number of benzene rings is 2. The van der Waals surface area contributed by atoms with Gasteiger partial charge in [0.25, 0.3) is 5.56 Å². The molecular weight excluding hydrogens is 1680 g/mol. The van der Waals surface area contributed by atoms with Crippen molar-refractivity contribution in [3.05, 3.63) is 133 Å². The second kappa shape index (κ2) is 45.4. The van der Waals surface area contributed by atoms with Crippen LogP contribution in [-0.2, 0) is 134 Å². The van der Waals surface area contributed by atoms with Gasteiger partial charge in [0.2, 0.25) is 58.8 Å². The first kappa shape index (κ1) is 96.5. The van der Waals surface area contributed by atoms with E-state index in [9.17, 15) is 87.2 Å². The summed E-state index contributed by atoms with van der Waals surface area (Å²) in [6, 6.07) is 6.48. The van der Waals surface area contributed by atoms with E-state index in [0.717, 1.165) is 17.2 Å². The number of aromatic nitrogens is 6. The minimum atomic E-state index is -1.98. The predicted molar refractivity (Wildman–Crippen MR) is 450 cm³/mol. The van der Waals surface area contributed by atoms with Gasteiger partial charge in [-0.3, -0.25) is 62.9 Å². The number of carbonyl (C=O) groups excluding carboxylic acids is 13. The smallest absolute Gasteiger partial charge is 0.415 e. The van der Waals surface area contributed by atoms with Gasteiger partial charge in [0.05, 0.1) is 114 Å². The van der Waals surface area contributed by atoms with Crippen LogP contribution < -0.4 is 63.9 Å². The highest BCUT2D eigenvalue weighted by Crippen LogP contribution is 2.41. The van der Waals surface area contributed by atoms with E-state index in [1.54, 1.807) is 53.6 Å². The van der Waals surface area contributed by atoms with Gasteiger partial charge in [0.1, 0.15) is 66.8 Å². The van der Waals surface area contributed by atoms with Gasteiger partial charge >= 0.3 is 24.1 Å². The summed E-state index contributed by atoms with van der Waals surface area (Å²) in [5, 5.41) is 70.4. The standard InChI is InChI=1S/C84H107N19O25/c1-7-52-53-36-51(21-22-58(53)93-72-54(52)43-103-63(72)37-57-56(79(103)117)46-126-80(118)84(57,121)8-2)128-83(120)100(5)27-26-99(4)82(119)127-45-55-47(3)102(73-64(105)39-65(122-6)74(112)71(55)73)44-69(109)88-25-29-123-31-33-125-34-32-124-30-28-101-42-49(97-98-101)40-90-67(107)16-11-15-66(106)87-23-10-9-13-60-76(114)94-59(14-12-24-89-81(85)86)75(113)91-41-68(108)92-62(38-70(110)111)78(116)96-61(77(115)95-60)35-48-17-19-50(104)20-18-48/h17-22,36-37,39,42,59-62,104,121H,7-16,23-35,38,40-41,43-46H2,1-6H3,(H,87,106)(H,88,109)(H,90,107)(H,91,113)(H,92,108)(H,94,114)(H,95,115)(H,96,116)(H,110,111)(H4,85,86,89)/t59-,60-,61+,62-,84-/m0/s1. The number of Topliss-reactive ketones (excluding diaryl/α,β-unsaturated/α-hetero) is 1. The number of allylic oxidation sites excluding steroid dienone is 2. The number of phenols is 1. The van der Waals surface area contributed by atoms with Crippen molar-refractivity contribution in [1.82, 2.24) is 86.8 Å². The van der Waals surface area contributed by atoms with E-state index in [1.165, 1.54) is 59.8 Å². The maximum absolute atomic E-state index is 14.1. The van der Waals surface area contributed by atoms with E-state index >= 15 is 0 Å². The number of carbonyl (C=O) groups is 14. The molecule has 1 aliphatic carbocycles. The Hall–Kier alpha value is -13.8. The van der Waals surface area contributed by atoms with Gasteiger partial charge in [-0.1, -0.05) is 31.2 Å². The lowest BCUT2D eigenvalue weighted by molar-refractivity contribution is -0.172. The van der Waals surface area contributed by atoms with Crippen LogP contribution in [0.25, 0.3) is 22.3 Å². The number of carboxylic acids is 1. The number of cyclic esters (lactones) is 1. The molecule has 0 bridgehead atoms. The molecule has 0 saturated carbocycles. The third kappa shape index (κ3) is 25.3. The fourth-order valence-corrected chi connectivity index (χ4v) is 14.8. The number of hydrogen-bond acceptors (Lipinski definition) is 28. The normalized spacial score (nSPS) is 17.4. The molecule has 10 rings (SSSR count). The molecule has 44 heteroatoms. The number of unbranched alkanes of at least 4 members (excludes halogenated alkanes) is 1. The van der Waals surface area contributed by atoms with Crippen molar-refractivity contribution >= 4 is 99.8 Å². The van der Waals surface area contributed by atoms with Crippen LogP contribution in [0.3, 0.4) is 0 Å². The lowest BCUT2D eigenvalue weighted by atomic mass is 9.86. The first-order valence-corrected chi connectivity index (χ1v) is 41.8. The Morgan fingerprint density at radius 2 is 1.38 bits per heavy atom. The number of nitrogens with two attached hydrogens (primary N) is 1. The molecule has 6 aromatic rings. The number of fused-ring (bicyclic) bond motifs is 6. The molecule has 1 fully saturated rings. The van der Waals surface area contributed by atoms with Crippen LogP contribution >= 0.6 is 0 Å². The number of rotatable bonds is 42. The lowest BCUT2D eigenvalue weighted by Gasteiger charge is -2.31. The molecule has 2 aromatic carbocycles. The van der Waals surface area contributed by atoms with Gasteiger partial charge in [0, 0.05) is 99.9 Å². The highest BCUT2D eigenvalue weighted by Gasteiger charge is 2.46. The summed E-state index contributed by atoms with van der Waals surface area (Å²) in [7, 11) is 4.16. The molecule has 3 aliphatic heterocycles. The topological polar surface area (TPSA) is 599 Å². The summed E-state index contributed by atoms with van der Waals surface area (Å²) >= 11 is 0. The highest BCUT2D eigenvalue weighted by molar-refractivity contribution is 6.24. The van der Waals surface area contributed by atoms with Gasteiger partial charge in [-0.05, 0) is 106 Å². The number of likely N-dealkylation sites (N-methyl/N-ethyl adjacent to an activating group) is 2. The second-order valence-electron chi connectivity index (χ2n) is 30.7. The van der Waals surface area contributed by atoms with Crippen molar-refractivity contribution < 1.29 is 116 Å². The Kier molecular flexibility index (Phi) is 34.2. The molecule has 688 valence electrons. The molecule has 7 heterocycles. The van der Waals surface area contributed by atoms with Gasteiger partial charge in [-0.15, -0.1) is 5.10 Å². The number of pyridine rings is 2. The Bertz CT molecular complexity index is 5280. The Balaban J connectivity index is 0.584. The van der Waals surface area contributed by atoms with E-state index in [2.05, 4.69) is 58.2 Å². The summed E-state index contributed by atoms with van der Waals surface area (Å²) in [5.74, 6) is -9.73. The summed E-state index contributed by atoms with van der Waals surface area (Å²) < 4.78 is 43.3. The van der Waals surface area contributed by atoms with Crippen molar-refractivity contribution in [2.45, 2.75) is 167 Å². The number of aromatic hydroxyl groups is 1. The number of nitrogens with one attached hydrogen (secondary N) is 10. The number of esters is 1. The Morgan fingerprint density at radius 1 is 0.727 bits per heavy atom. The number of phenolic OH excluding ortho intramolecular Hbond substituents is 1. The van der Waals surface area contributed by atoms with Crippen LogP contribution in [0.4, 0.5) is 9.59 Å². The van der Waals surface area contributed by atoms with Crippen molar-refractivity contribution in [3.8, 4) is 22.9 Å². The number of ketones is 2. The summed E-state index contributed by atoms with van der Waals surface area (Å²) in [5.41, 5.74) is 7.84. The number of aliphatic hydroxyl groups is 1. The Labute approximate surface area is 733 Å². The molecule has 128 heavy (non-hydrogen) atoms. The van der Waals surface area contributed by atoms with Crippen LogP contribution in [-0.4, -0.2) is 267 Å². The minimum Gasteiger partial charge on any atom is -0.508 e. The van der Waals surface area contributed by atoms with Crippen LogP contribution in [0.5, 0.6) is 11.5 Å². The van der Waals surface area contributed by atoms with Crippen LogP contribution in [0.15, 0.2) is 71.4 Å². The van der Waals surface area contributed by atoms with Gasteiger partial charge in [0.15, 0.2) is 17.3 Å². The molecule has 0 radical (unpaired) electrons. The molecule has 0 unspecified atom stereocenters. The third-order valence-electron chi connectivity index (χ3n) is 21.8. The summed E-state index contributed by atoms with van der Waals surface area (Å²) in [4.78, 5) is 207. The average Bonchev–Trinajstić information content (AvgIpc) is 1.70. The number of guanidine groups is 1. The lowest BCUT2D eigenvalue weighted by Crippen LogP contribution is -2.58. The number of carboxylic acid groups (broad SMARTS) is 1. The predicted octanol–water partition coefficient (Wildman–Crippen LogP) is -0.354. The van der Waals surface area contributed by atoms with Crippen molar-refractivity contribution in [1.29, 1.82) is 5.41 Å². The van der Waals surface area contributed by atoms with Gasteiger partial charge in [-0.25, -0.2) is 24.0 Å². The van der Waals surface area contributed by atoms with Crippen molar-refractivity contribution in [3.63, 3.8) is 0 Å². The van der Waals surface area contributed by atoms with E-state index in [4.69, 9.17) is 49.3 Å². The molecule has 1 saturated heterocycles. The number of methoxy groups -OCH3 is 1. The molecule has 15 N–H and O–H groups in total. The number of aryl methyl sites for hydroxylation is 1. The minimum absolute atomic E-state index is 0.000889. The number of nitrogens with zero attached hydrogens (tertiary/aromatic N) is 8. The SMILES string of the molecule is CCc1c2c(nc3ccc(OC(=O)N(C)CCN(C)C(=O)OCc4c5c(n(CC(=O)NCCOCCOCCOCCn6cc(CNC(=O)CCCC(=O)NCCCC[C@@H]7NC(=O)[C@@H](Cc8ccc(O)cc8)NC(=O)[C@H](CC(=O)O)NC(=O)CNC(=O)[C@H](CCCNC(=N)N)NC7=O)nn6)c4C)C(=O)C=C(OC)C5=O)cc13)-c1cc3c(c(=O)n1C2)COC(=O)[C@]3(O)CC. The fraction of sp³-hybridized carbons (Fsp3) is 0.488. The molecule has 5 atom stereocenters. The number of ether oxygens (including phenoxy) is 7. The fourth-order valence-electron chi connectivity index (χ4n) is 14.8. The summed E-state index contributed by atoms with van der Waals surface area (Å²) in [6.07, 6.45) is 1.40.